The lowest BCUT2D eigenvalue weighted by Crippen LogP contribution is -2.45. The van der Waals surface area contributed by atoms with Crippen molar-refractivity contribution in [2.75, 3.05) is 13.2 Å². The van der Waals surface area contributed by atoms with Crippen LogP contribution in [0.2, 0.25) is 0 Å². The molecule has 0 spiro atoms. The summed E-state index contributed by atoms with van der Waals surface area (Å²) in [6.45, 7) is 3.52. The molecule has 2 rings (SSSR count). The summed E-state index contributed by atoms with van der Waals surface area (Å²) < 4.78 is 23.2. The maximum atomic E-state index is 13.3. The zero-order valence-corrected chi connectivity index (χ0v) is 14.1. The van der Waals surface area contributed by atoms with E-state index in [1.54, 1.807) is 6.07 Å². The Hall–Kier alpha value is -2.11. The van der Waals surface area contributed by atoms with Gasteiger partial charge in [-0.1, -0.05) is 38.8 Å². The van der Waals surface area contributed by atoms with E-state index in [2.05, 4.69) is 19.2 Å². The Morgan fingerprint density at radius 2 is 1.96 bits per heavy atom. The normalized spacial score (nSPS) is 23.4. The van der Waals surface area contributed by atoms with Gasteiger partial charge in [0.15, 0.2) is 24.8 Å². The van der Waals surface area contributed by atoms with Crippen molar-refractivity contribution in [3.05, 3.63) is 30.1 Å². The average Bonchev–Trinajstić information content (AvgIpc) is 2.56. The van der Waals surface area contributed by atoms with E-state index in [-0.39, 0.29) is 24.3 Å². The monoisotopic (exact) mass is 337 g/mol. The van der Waals surface area contributed by atoms with E-state index in [0.29, 0.717) is 11.8 Å². The molecule has 0 bridgehead atoms. The van der Waals surface area contributed by atoms with Crippen LogP contribution in [0.1, 0.15) is 33.1 Å². The highest BCUT2D eigenvalue weighted by atomic mass is 19.1. The number of carbonyl (C=O) groups is 2. The number of carbonyl (C=O) groups excluding carboxylic acids is 2. The second-order valence-corrected chi connectivity index (χ2v) is 6.32. The molecule has 132 valence electrons. The van der Waals surface area contributed by atoms with Gasteiger partial charge in [0.25, 0.3) is 5.91 Å². The molecule has 1 fully saturated rings. The minimum absolute atomic E-state index is 0.0241. The predicted molar refractivity (Wildman–Crippen MR) is 87.0 cm³/mol. The molecule has 24 heavy (non-hydrogen) atoms. The molecule has 1 saturated carbocycles. The zero-order chi connectivity index (χ0) is 17.5. The van der Waals surface area contributed by atoms with Gasteiger partial charge < -0.3 is 14.8 Å². The summed E-state index contributed by atoms with van der Waals surface area (Å²) in [7, 11) is 0. The molecule has 1 N–H and O–H groups in total. The second-order valence-electron chi connectivity index (χ2n) is 6.32. The number of esters is 1. The molecule has 1 aliphatic carbocycles. The van der Waals surface area contributed by atoms with Gasteiger partial charge in [0.1, 0.15) is 0 Å². The van der Waals surface area contributed by atoms with Crippen LogP contribution in [-0.2, 0) is 14.3 Å². The molecule has 0 radical (unpaired) electrons. The van der Waals surface area contributed by atoms with E-state index in [0.717, 1.165) is 12.8 Å². The molecule has 6 heteroatoms. The molecule has 3 atom stereocenters. The third-order valence-electron chi connectivity index (χ3n) is 4.60. The van der Waals surface area contributed by atoms with E-state index in [1.165, 1.54) is 24.6 Å². The lowest BCUT2D eigenvalue weighted by Gasteiger charge is -2.34. The summed E-state index contributed by atoms with van der Waals surface area (Å²) in [5.74, 6) is -0.630. The molecule has 0 heterocycles. The number of ether oxygens (including phenoxy) is 2. The fraction of sp³-hybridized carbons (Fsp3) is 0.556. The van der Waals surface area contributed by atoms with E-state index in [9.17, 15) is 14.0 Å². The fourth-order valence-electron chi connectivity index (χ4n) is 2.92. The minimum Gasteiger partial charge on any atom is -0.479 e. The number of hydrogen-bond donors (Lipinski definition) is 1. The Bertz CT molecular complexity index is 578. The number of hydrogen-bond acceptors (Lipinski definition) is 4. The first-order valence-electron chi connectivity index (χ1n) is 8.29. The van der Waals surface area contributed by atoms with Crippen molar-refractivity contribution in [3.63, 3.8) is 0 Å². The van der Waals surface area contributed by atoms with E-state index in [4.69, 9.17) is 9.47 Å². The fourth-order valence-corrected chi connectivity index (χ4v) is 2.92. The smallest absolute Gasteiger partial charge is 0.344 e. The van der Waals surface area contributed by atoms with Gasteiger partial charge in [0.05, 0.1) is 0 Å². The van der Waals surface area contributed by atoms with Crippen LogP contribution in [0.3, 0.4) is 0 Å². The van der Waals surface area contributed by atoms with Crippen LogP contribution in [0, 0.1) is 17.7 Å². The van der Waals surface area contributed by atoms with Gasteiger partial charge in [-0.25, -0.2) is 9.18 Å². The van der Waals surface area contributed by atoms with Crippen LogP contribution in [0.4, 0.5) is 4.39 Å². The Kier molecular flexibility index (Phi) is 6.58. The van der Waals surface area contributed by atoms with Gasteiger partial charge in [-0.05, 0) is 30.4 Å². The van der Waals surface area contributed by atoms with Crippen molar-refractivity contribution in [2.45, 2.75) is 39.2 Å². The van der Waals surface area contributed by atoms with Crippen LogP contribution in [-0.4, -0.2) is 31.1 Å². The maximum absolute atomic E-state index is 13.3. The van der Waals surface area contributed by atoms with Gasteiger partial charge in [0, 0.05) is 6.04 Å². The molecule has 1 aliphatic rings. The van der Waals surface area contributed by atoms with Gasteiger partial charge in [0.2, 0.25) is 0 Å². The van der Waals surface area contributed by atoms with Gasteiger partial charge in [-0.3, -0.25) is 4.79 Å². The standard InChI is InChI=1S/C18H24FNO4/c1-12-6-5-8-15(13(12)2)20-17(21)10-24-18(22)11-23-16-9-4-3-7-14(16)19/h3-4,7,9,12-13,15H,5-6,8,10-11H2,1-2H3,(H,20,21)/t12-,13+,15-/m0/s1. The first kappa shape index (κ1) is 18.2. The quantitative estimate of drug-likeness (QED) is 0.811. The first-order chi connectivity index (χ1) is 11.5. The van der Waals surface area contributed by atoms with Crippen molar-refractivity contribution in [1.82, 2.24) is 5.32 Å². The van der Waals surface area contributed by atoms with Crippen molar-refractivity contribution >= 4 is 11.9 Å². The molecule has 1 aromatic rings. The summed E-state index contributed by atoms with van der Waals surface area (Å²) >= 11 is 0. The molecule has 0 aromatic heterocycles. The Morgan fingerprint density at radius 3 is 2.71 bits per heavy atom. The Labute approximate surface area is 141 Å². The highest BCUT2D eigenvalue weighted by Crippen LogP contribution is 2.29. The Morgan fingerprint density at radius 1 is 1.21 bits per heavy atom. The Balaban J connectivity index is 1.69. The maximum Gasteiger partial charge on any atom is 0.344 e. The summed E-state index contributed by atoms with van der Waals surface area (Å²) in [6.07, 6.45) is 3.21. The van der Waals surface area contributed by atoms with E-state index in [1.807, 2.05) is 0 Å². The number of para-hydroxylation sites is 1. The molecule has 5 nitrogen and oxygen atoms in total. The molecule has 1 aromatic carbocycles. The van der Waals surface area contributed by atoms with Crippen molar-refractivity contribution in [1.29, 1.82) is 0 Å². The van der Waals surface area contributed by atoms with Gasteiger partial charge in [-0.2, -0.15) is 0 Å². The first-order valence-corrected chi connectivity index (χ1v) is 8.29. The highest BCUT2D eigenvalue weighted by Gasteiger charge is 2.28. The van der Waals surface area contributed by atoms with Crippen LogP contribution in [0.5, 0.6) is 5.75 Å². The highest BCUT2D eigenvalue weighted by molar-refractivity contribution is 5.81. The average molecular weight is 337 g/mol. The van der Waals surface area contributed by atoms with E-state index < -0.39 is 18.4 Å². The summed E-state index contributed by atoms with van der Waals surface area (Å²) in [6, 6.07) is 5.90. The summed E-state index contributed by atoms with van der Waals surface area (Å²) in [5, 5.41) is 2.92. The minimum atomic E-state index is -0.710. The van der Waals surface area contributed by atoms with E-state index >= 15 is 0 Å². The van der Waals surface area contributed by atoms with Crippen LogP contribution in [0.15, 0.2) is 24.3 Å². The van der Waals surface area contributed by atoms with Crippen molar-refractivity contribution in [3.8, 4) is 5.75 Å². The van der Waals surface area contributed by atoms with Crippen LogP contribution < -0.4 is 10.1 Å². The van der Waals surface area contributed by atoms with Crippen LogP contribution in [0.25, 0.3) is 0 Å². The third kappa shape index (κ3) is 5.22. The second kappa shape index (κ2) is 8.66. The number of amides is 1. The third-order valence-corrected chi connectivity index (χ3v) is 4.60. The number of nitrogens with one attached hydrogen (secondary N) is 1. The lowest BCUT2D eigenvalue weighted by molar-refractivity contribution is -0.150. The molecular formula is C18H24FNO4. The number of rotatable bonds is 6. The number of benzene rings is 1. The number of halogens is 1. The molecular weight excluding hydrogens is 313 g/mol. The largest absolute Gasteiger partial charge is 0.479 e. The summed E-state index contributed by atoms with van der Waals surface area (Å²) in [5.41, 5.74) is 0. The lowest BCUT2D eigenvalue weighted by atomic mass is 9.78. The van der Waals surface area contributed by atoms with Crippen LogP contribution >= 0.6 is 0 Å². The summed E-state index contributed by atoms with van der Waals surface area (Å²) in [4.78, 5) is 23.5. The SMILES string of the molecule is C[C@H]1[C@@H](NC(=O)COC(=O)COc2ccccc2F)CCC[C@@H]1C. The van der Waals surface area contributed by atoms with Gasteiger partial charge >= 0.3 is 5.97 Å². The topological polar surface area (TPSA) is 64.6 Å². The molecule has 0 unspecified atom stereocenters. The van der Waals surface area contributed by atoms with Gasteiger partial charge in [-0.15, -0.1) is 0 Å². The zero-order valence-electron chi connectivity index (χ0n) is 14.1. The molecule has 0 aliphatic heterocycles. The predicted octanol–water partition coefficient (Wildman–Crippen LogP) is 2.69. The molecule has 1 amide bonds. The van der Waals surface area contributed by atoms with Crippen molar-refractivity contribution < 1.29 is 23.5 Å². The molecule has 0 saturated heterocycles. The van der Waals surface area contributed by atoms with Crippen molar-refractivity contribution in [2.24, 2.45) is 11.8 Å².